The molecule has 1 unspecified atom stereocenters. The Kier molecular flexibility index (Phi) is 6.27. The second-order valence-electron chi connectivity index (χ2n) is 10.3. The quantitative estimate of drug-likeness (QED) is 0.322. The van der Waals surface area contributed by atoms with Crippen molar-refractivity contribution in [2.75, 3.05) is 18.4 Å². The average molecular weight is 505 g/mol. The number of carbonyl (C=O) groups excluding carboxylic acids is 1. The van der Waals surface area contributed by atoms with Crippen LogP contribution in [0.5, 0.6) is 0 Å². The van der Waals surface area contributed by atoms with Crippen LogP contribution in [0.2, 0.25) is 0 Å². The van der Waals surface area contributed by atoms with E-state index in [0.717, 1.165) is 53.8 Å². The van der Waals surface area contributed by atoms with Crippen molar-refractivity contribution < 1.29 is 4.79 Å². The molecule has 0 spiro atoms. The SMILES string of the molecule is CC(=O)N1CCC(C(Nc2cc(-c3ccc4ccn(C)c4c3)c3nccnc3c2)c2cnccc2C)CC1. The predicted octanol–water partition coefficient (Wildman–Crippen LogP) is 5.90. The molecule has 192 valence electrons. The van der Waals surface area contributed by atoms with Crippen LogP contribution in [0.4, 0.5) is 5.69 Å². The highest BCUT2D eigenvalue weighted by Crippen LogP contribution is 2.38. The second-order valence-corrected chi connectivity index (χ2v) is 10.3. The minimum Gasteiger partial charge on any atom is -0.378 e. The Morgan fingerprint density at radius 2 is 1.84 bits per heavy atom. The van der Waals surface area contributed by atoms with Gasteiger partial charge in [-0.05, 0) is 78.1 Å². The van der Waals surface area contributed by atoms with Crippen LogP contribution >= 0.6 is 0 Å². The summed E-state index contributed by atoms with van der Waals surface area (Å²) in [5.41, 5.74) is 8.48. The summed E-state index contributed by atoms with van der Waals surface area (Å²) in [5, 5.41) is 5.09. The molecule has 1 atom stereocenters. The Morgan fingerprint density at radius 1 is 1.03 bits per heavy atom. The van der Waals surface area contributed by atoms with Gasteiger partial charge in [-0.25, -0.2) is 0 Å². The average Bonchev–Trinajstić information content (AvgIpc) is 3.31. The Bertz CT molecular complexity index is 1630. The van der Waals surface area contributed by atoms with Crippen molar-refractivity contribution in [2.24, 2.45) is 13.0 Å². The molecule has 0 radical (unpaired) electrons. The first-order valence-electron chi connectivity index (χ1n) is 13.2. The van der Waals surface area contributed by atoms with Crippen molar-refractivity contribution in [1.29, 1.82) is 0 Å². The van der Waals surface area contributed by atoms with Gasteiger partial charge in [0.05, 0.1) is 17.1 Å². The predicted molar refractivity (Wildman–Crippen MR) is 152 cm³/mol. The van der Waals surface area contributed by atoms with E-state index in [-0.39, 0.29) is 11.9 Å². The number of benzene rings is 2. The van der Waals surface area contributed by atoms with Gasteiger partial charge in [-0.15, -0.1) is 0 Å². The van der Waals surface area contributed by atoms with Crippen LogP contribution in [0, 0.1) is 12.8 Å². The first kappa shape index (κ1) is 24.1. The van der Waals surface area contributed by atoms with E-state index in [1.54, 1.807) is 19.3 Å². The molecule has 5 aromatic rings. The lowest BCUT2D eigenvalue weighted by Gasteiger charge is -2.37. The maximum Gasteiger partial charge on any atom is 0.219 e. The highest BCUT2D eigenvalue weighted by Gasteiger charge is 2.30. The second kappa shape index (κ2) is 9.89. The van der Waals surface area contributed by atoms with E-state index < -0.39 is 0 Å². The zero-order chi connectivity index (χ0) is 26.2. The van der Waals surface area contributed by atoms with Crippen LogP contribution in [0.3, 0.4) is 0 Å². The summed E-state index contributed by atoms with van der Waals surface area (Å²) in [4.78, 5) is 27.8. The molecular formula is C31H32N6O. The molecule has 1 saturated heterocycles. The molecule has 4 heterocycles. The van der Waals surface area contributed by atoms with E-state index in [0.29, 0.717) is 5.92 Å². The third kappa shape index (κ3) is 4.49. The number of carbonyl (C=O) groups is 1. The third-order valence-electron chi connectivity index (χ3n) is 7.97. The van der Waals surface area contributed by atoms with Crippen molar-refractivity contribution in [3.8, 4) is 11.1 Å². The van der Waals surface area contributed by atoms with Gasteiger partial charge in [-0.3, -0.25) is 19.7 Å². The number of anilines is 1. The largest absolute Gasteiger partial charge is 0.378 e. The van der Waals surface area contributed by atoms with E-state index in [1.807, 2.05) is 17.3 Å². The van der Waals surface area contributed by atoms with Crippen LogP contribution in [0.1, 0.15) is 36.9 Å². The number of likely N-dealkylation sites (tertiary alicyclic amines) is 1. The van der Waals surface area contributed by atoms with Crippen LogP contribution in [-0.2, 0) is 11.8 Å². The number of rotatable bonds is 5. The van der Waals surface area contributed by atoms with Crippen LogP contribution < -0.4 is 5.32 Å². The summed E-state index contributed by atoms with van der Waals surface area (Å²) < 4.78 is 2.14. The molecule has 1 amide bonds. The number of nitrogens with one attached hydrogen (secondary N) is 1. The van der Waals surface area contributed by atoms with E-state index in [4.69, 9.17) is 4.98 Å². The van der Waals surface area contributed by atoms with Gasteiger partial charge in [0, 0.05) is 74.8 Å². The molecule has 1 aliphatic heterocycles. The molecule has 38 heavy (non-hydrogen) atoms. The van der Waals surface area contributed by atoms with Gasteiger partial charge >= 0.3 is 0 Å². The fourth-order valence-electron chi connectivity index (χ4n) is 5.79. The van der Waals surface area contributed by atoms with E-state index >= 15 is 0 Å². The minimum atomic E-state index is 0.0649. The number of hydrogen-bond acceptors (Lipinski definition) is 5. The van der Waals surface area contributed by atoms with E-state index in [1.165, 1.54) is 22.0 Å². The van der Waals surface area contributed by atoms with Crippen LogP contribution in [0.15, 0.2) is 73.4 Å². The topological polar surface area (TPSA) is 75.9 Å². The summed E-state index contributed by atoms with van der Waals surface area (Å²) in [5.74, 6) is 0.521. The van der Waals surface area contributed by atoms with Gasteiger partial charge < -0.3 is 14.8 Å². The molecule has 7 heteroatoms. The van der Waals surface area contributed by atoms with Crippen LogP contribution in [0.25, 0.3) is 33.1 Å². The number of pyridine rings is 1. The Balaban J connectivity index is 1.42. The van der Waals surface area contributed by atoms with E-state index in [9.17, 15) is 4.79 Å². The van der Waals surface area contributed by atoms with Crippen molar-refractivity contribution in [3.05, 3.63) is 84.6 Å². The molecule has 0 aliphatic carbocycles. The number of hydrogen-bond donors (Lipinski definition) is 1. The number of aromatic nitrogens is 4. The fourth-order valence-corrected chi connectivity index (χ4v) is 5.79. The summed E-state index contributed by atoms with van der Waals surface area (Å²) in [6, 6.07) is 15.1. The first-order valence-corrected chi connectivity index (χ1v) is 13.2. The van der Waals surface area contributed by atoms with Gasteiger partial charge in [-0.1, -0.05) is 12.1 Å². The van der Waals surface area contributed by atoms with Crippen molar-refractivity contribution >= 4 is 33.5 Å². The number of aryl methyl sites for hydroxylation is 2. The molecule has 0 saturated carbocycles. The maximum absolute atomic E-state index is 12.0. The number of fused-ring (bicyclic) bond motifs is 2. The monoisotopic (exact) mass is 504 g/mol. The van der Waals surface area contributed by atoms with Gasteiger partial charge in [0.25, 0.3) is 0 Å². The fraction of sp³-hybridized carbons (Fsp3) is 0.290. The third-order valence-corrected chi connectivity index (χ3v) is 7.97. The van der Waals surface area contributed by atoms with Crippen LogP contribution in [-0.4, -0.2) is 43.4 Å². The zero-order valence-electron chi connectivity index (χ0n) is 22.1. The van der Waals surface area contributed by atoms with Gasteiger partial charge in [0.15, 0.2) is 0 Å². The first-order chi connectivity index (χ1) is 18.5. The maximum atomic E-state index is 12.0. The normalized spacial score (nSPS) is 15.2. The Labute approximate surface area is 222 Å². The molecule has 6 rings (SSSR count). The standard InChI is InChI=1S/C31H32N6O/c1-20-6-10-32-19-27(20)30(23-8-14-37(15-9-23)21(2)38)35-25-17-26(31-28(18-25)33-11-12-34-31)24-5-4-22-7-13-36(3)29(22)16-24/h4-7,10-13,16-19,23,30,35H,8-9,14-15H2,1-3H3. The van der Waals surface area contributed by atoms with Crippen molar-refractivity contribution in [1.82, 2.24) is 24.4 Å². The molecule has 1 N–H and O–H groups in total. The van der Waals surface area contributed by atoms with E-state index in [2.05, 4.69) is 82.5 Å². The molecule has 2 aromatic carbocycles. The lowest BCUT2D eigenvalue weighted by molar-refractivity contribution is -0.130. The molecular weight excluding hydrogens is 472 g/mol. The van der Waals surface area contributed by atoms with Gasteiger partial charge in [-0.2, -0.15) is 0 Å². The number of amides is 1. The van der Waals surface area contributed by atoms with Crippen molar-refractivity contribution in [2.45, 2.75) is 32.7 Å². The number of piperidine rings is 1. The molecule has 1 aliphatic rings. The summed E-state index contributed by atoms with van der Waals surface area (Å²) >= 11 is 0. The van der Waals surface area contributed by atoms with Crippen molar-refractivity contribution in [3.63, 3.8) is 0 Å². The highest BCUT2D eigenvalue weighted by molar-refractivity contribution is 5.97. The summed E-state index contributed by atoms with van der Waals surface area (Å²) in [6.45, 7) is 5.36. The molecule has 1 fully saturated rings. The molecule has 0 bridgehead atoms. The smallest absolute Gasteiger partial charge is 0.219 e. The lowest BCUT2D eigenvalue weighted by atomic mass is 9.84. The zero-order valence-corrected chi connectivity index (χ0v) is 22.1. The Morgan fingerprint density at radius 3 is 2.63 bits per heavy atom. The lowest BCUT2D eigenvalue weighted by Crippen LogP contribution is -2.39. The summed E-state index contributed by atoms with van der Waals surface area (Å²) in [6.07, 6.45) is 11.3. The molecule has 3 aromatic heterocycles. The minimum absolute atomic E-state index is 0.0649. The van der Waals surface area contributed by atoms with Gasteiger partial charge in [0.1, 0.15) is 0 Å². The summed E-state index contributed by atoms with van der Waals surface area (Å²) in [7, 11) is 2.07. The molecule has 7 nitrogen and oxygen atoms in total. The highest BCUT2D eigenvalue weighted by atomic mass is 16.2. The van der Waals surface area contributed by atoms with Gasteiger partial charge in [0.2, 0.25) is 5.91 Å². The number of nitrogens with zero attached hydrogens (tertiary/aromatic N) is 5. The Hall–Kier alpha value is -4.26.